The summed E-state index contributed by atoms with van der Waals surface area (Å²) in [6, 6.07) is 42.4. The molecular weight excluding hydrogens is 635 g/mol. The zero-order chi connectivity index (χ0) is 26.4. The van der Waals surface area contributed by atoms with Crippen molar-refractivity contribution in [2.45, 2.75) is 12.8 Å². The van der Waals surface area contributed by atoms with E-state index >= 15 is 0 Å². The van der Waals surface area contributed by atoms with Crippen molar-refractivity contribution in [3.05, 3.63) is 176 Å². The molecule has 0 spiro atoms. The Balaban J connectivity index is 0.000000308. The summed E-state index contributed by atoms with van der Waals surface area (Å²) in [6.07, 6.45) is 16.9. The summed E-state index contributed by atoms with van der Waals surface area (Å²) < 4.78 is 0. The third kappa shape index (κ3) is 10.2. The molecule has 5 aromatic carbocycles. The second kappa shape index (κ2) is 20.2. The molecule has 0 bridgehead atoms. The predicted octanol–water partition coefficient (Wildman–Crippen LogP) is 10.4. The fourth-order valence-electron chi connectivity index (χ4n) is 4.46. The molecule has 0 nitrogen and oxygen atoms in total. The molecule has 206 valence electrons. The van der Waals surface area contributed by atoms with Crippen molar-refractivity contribution >= 4 is 64.4 Å². The van der Waals surface area contributed by atoms with Gasteiger partial charge < -0.3 is 7.43 Å². The largest absolute Gasteiger partial charge is 0.184 e. The zero-order valence-corrected chi connectivity index (χ0v) is 28.1. The molecule has 2 radical (unpaired) electrons. The second-order valence-electron chi connectivity index (χ2n) is 8.55. The van der Waals surface area contributed by atoms with E-state index in [4.69, 9.17) is 0 Å². The van der Waals surface area contributed by atoms with E-state index in [0.29, 0.717) is 0 Å². The van der Waals surface area contributed by atoms with Crippen molar-refractivity contribution in [1.82, 2.24) is 0 Å². The number of halogens is 2. The van der Waals surface area contributed by atoms with Crippen LogP contribution in [0.1, 0.15) is 24.0 Å². The molecule has 0 heterocycles. The van der Waals surface area contributed by atoms with E-state index in [-0.39, 0.29) is 32.2 Å². The number of rotatable bonds is 2. The van der Waals surface area contributed by atoms with Crippen LogP contribution in [0.4, 0.5) is 0 Å². The Bertz CT molecular complexity index is 1460. The Kier molecular flexibility index (Phi) is 17.9. The molecule has 0 saturated heterocycles. The van der Waals surface area contributed by atoms with Crippen LogP contribution >= 0.6 is 24.8 Å². The number of benzene rings is 5. The molecule has 0 aliphatic heterocycles. The SMILES string of the molecule is Cl.Cl.[C-]1=CC(c2cccc3ccccc23)=CC1.[C-]1=CC(c2cccc3ccccc23)=CC1.[CH3-].[Si]=[Zr].[c-]1ccccc1. The van der Waals surface area contributed by atoms with Gasteiger partial charge >= 0.3 is 30.2 Å². The number of fused-ring (bicyclic) bond motifs is 2. The molecule has 0 saturated carbocycles. The third-order valence-electron chi connectivity index (χ3n) is 6.20. The molecule has 0 amide bonds. The summed E-state index contributed by atoms with van der Waals surface area (Å²) in [5.41, 5.74) is 5.23. The van der Waals surface area contributed by atoms with Crippen LogP contribution in [0.2, 0.25) is 0 Å². The smallest absolute Gasteiger partial charge is 0.171 e. The maximum absolute atomic E-state index is 3.22. The van der Waals surface area contributed by atoms with Crippen LogP contribution in [-0.4, -0.2) is 6.88 Å². The third-order valence-corrected chi connectivity index (χ3v) is 6.20. The fourth-order valence-corrected chi connectivity index (χ4v) is 4.46. The van der Waals surface area contributed by atoms with Gasteiger partial charge in [0.25, 0.3) is 0 Å². The molecule has 0 aromatic heterocycles. The fraction of sp³-hybridized carbons (Fsp3) is 0.0541. The Hall–Kier alpha value is -2.74. The predicted molar refractivity (Wildman–Crippen MR) is 181 cm³/mol. The second-order valence-corrected chi connectivity index (χ2v) is 8.55. The van der Waals surface area contributed by atoms with Crippen LogP contribution in [0, 0.1) is 25.6 Å². The van der Waals surface area contributed by atoms with Crippen molar-refractivity contribution in [3.8, 4) is 0 Å². The van der Waals surface area contributed by atoms with E-state index in [9.17, 15) is 0 Å². The van der Waals surface area contributed by atoms with E-state index in [2.05, 4.69) is 134 Å². The Morgan fingerprint density at radius 2 is 0.927 bits per heavy atom. The van der Waals surface area contributed by atoms with Crippen LogP contribution in [0.5, 0.6) is 0 Å². The normalized spacial score (nSPS) is 11.9. The molecule has 2 aliphatic carbocycles. The number of hydrogen-bond donors (Lipinski definition) is 0. The minimum atomic E-state index is 0. The van der Waals surface area contributed by atoms with Crippen LogP contribution < -0.4 is 0 Å². The molecule has 41 heavy (non-hydrogen) atoms. The molecule has 2 aliphatic rings. The molecular formula is C37H32Cl2SiZr-4. The van der Waals surface area contributed by atoms with Crippen molar-refractivity contribution < 1.29 is 23.3 Å². The van der Waals surface area contributed by atoms with Crippen LogP contribution in [0.15, 0.2) is 140 Å². The minimum Gasteiger partial charge on any atom is -0.184 e. The van der Waals surface area contributed by atoms with Crippen molar-refractivity contribution in [2.75, 3.05) is 0 Å². The quantitative estimate of drug-likeness (QED) is 0.130. The first-order valence-corrected chi connectivity index (χ1v) is 16.7. The van der Waals surface area contributed by atoms with Crippen LogP contribution in [-0.2, 0) is 23.3 Å². The first-order chi connectivity index (χ1) is 18.9. The molecule has 7 rings (SSSR count). The van der Waals surface area contributed by atoms with Crippen molar-refractivity contribution in [3.63, 3.8) is 0 Å². The zero-order valence-electron chi connectivity index (χ0n) is 23.0. The molecule has 0 N–H and O–H groups in total. The topological polar surface area (TPSA) is 0 Å². The molecule has 0 unspecified atom stereocenters. The molecule has 4 heteroatoms. The van der Waals surface area contributed by atoms with Gasteiger partial charge in [0.15, 0.2) is 0 Å². The van der Waals surface area contributed by atoms with E-state index in [1.165, 1.54) is 67.2 Å². The monoisotopic (exact) mass is 664 g/mol. The summed E-state index contributed by atoms with van der Waals surface area (Å²) in [4.78, 5) is 0. The van der Waals surface area contributed by atoms with Crippen molar-refractivity contribution in [2.24, 2.45) is 0 Å². The van der Waals surface area contributed by atoms with Gasteiger partial charge in [-0.3, -0.25) is 12.2 Å². The van der Waals surface area contributed by atoms with Crippen molar-refractivity contribution in [1.29, 1.82) is 0 Å². The average Bonchev–Trinajstić information content (AvgIpc) is 3.75. The van der Waals surface area contributed by atoms with Gasteiger partial charge in [0.1, 0.15) is 0 Å². The minimum absolute atomic E-state index is 0. The van der Waals surface area contributed by atoms with Crippen LogP contribution in [0.25, 0.3) is 32.7 Å². The first-order valence-electron chi connectivity index (χ1n) is 12.6. The van der Waals surface area contributed by atoms with Gasteiger partial charge in [-0.05, 0) is 21.5 Å². The van der Waals surface area contributed by atoms with Gasteiger partial charge in [-0.15, -0.1) is 37.7 Å². The average molecular weight is 667 g/mol. The summed E-state index contributed by atoms with van der Waals surface area (Å²) in [5, 5.41) is 5.25. The van der Waals surface area contributed by atoms with Gasteiger partial charge in [-0.2, -0.15) is 59.7 Å². The van der Waals surface area contributed by atoms with Gasteiger partial charge in [0.05, 0.1) is 0 Å². The molecule has 0 fully saturated rings. The van der Waals surface area contributed by atoms with E-state index < -0.39 is 0 Å². The Morgan fingerprint density at radius 3 is 1.27 bits per heavy atom. The van der Waals surface area contributed by atoms with E-state index in [0.717, 1.165) is 12.8 Å². The number of hydrogen-bond acceptors (Lipinski definition) is 0. The van der Waals surface area contributed by atoms with Gasteiger partial charge in [-0.25, -0.2) is 12.2 Å². The maximum atomic E-state index is 3.22. The first kappa shape index (κ1) is 36.3. The maximum Gasteiger partial charge on any atom is -0.171 e. The molecule has 5 aromatic rings. The van der Waals surface area contributed by atoms with Crippen LogP contribution in [0.3, 0.4) is 0 Å². The Morgan fingerprint density at radius 1 is 0.512 bits per heavy atom. The number of allylic oxidation sites excluding steroid dienone is 8. The summed E-state index contributed by atoms with van der Waals surface area (Å²) in [5.74, 6) is 0. The van der Waals surface area contributed by atoms with Gasteiger partial charge in [0.2, 0.25) is 0 Å². The summed E-state index contributed by atoms with van der Waals surface area (Å²) in [7, 11) is 0. The summed E-state index contributed by atoms with van der Waals surface area (Å²) >= 11 is 1.36. The Labute approximate surface area is 275 Å². The van der Waals surface area contributed by atoms with Gasteiger partial charge in [0, 0.05) is 0 Å². The molecule has 0 atom stereocenters. The van der Waals surface area contributed by atoms with E-state index in [1.54, 1.807) is 0 Å². The van der Waals surface area contributed by atoms with Gasteiger partial charge in [-0.1, -0.05) is 96.1 Å². The summed E-state index contributed by atoms with van der Waals surface area (Å²) in [6.45, 7) is 3.06. The standard InChI is InChI=1S/2C15H11.C6H5.CH3.2ClH.Si.Zr/c2*1-2-7-12(6-1)15-11-5-9-13-8-3-4-10-14(13)15;1-2-4-6-5-3-1;;;;;/h2*3-11H,1H2;1-5H;1H3;2*1H;;/q4*-1;;;;. The van der Waals surface area contributed by atoms with E-state index in [1.807, 2.05) is 30.3 Å².